The number of ether oxygens (including phenoxy) is 1. The van der Waals surface area contributed by atoms with E-state index in [1.165, 1.54) is 30.3 Å². The zero-order chi connectivity index (χ0) is 24.5. The van der Waals surface area contributed by atoms with Crippen molar-refractivity contribution >= 4 is 44.8 Å². The molecule has 4 rings (SSSR count). The van der Waals surface area contributed by atoms with E-state index in [0.717, 1.165) is 9.87 Å². The maximum absolute atomic E-state index is 13.5. The Kier molecular flexibility index (Phi) is 6.80. The molecule has 1 amide bonds. The Morgan fingerprint density at radius 2 is 1.71 bits per heavy atom. The minimum atomic E-state index is -4.06. The molecule has 0 saturated carbocycles. The zero-order valence-electron chi connectivity index (χ0n) is 18.7. The van der Waals surface area contributed by atoms with Crippen molar-refractivity contribution in [1.29, 1.82) is 0 Å². The van der Waals surface area contributed by atoms with Crippen LogP contribution in [0.2, 0.25) is 10.0 Å². The van der Waals surface area contributed by atoms with Gasteiger partial charge in [0.25, 0.3) is 10.0 Å². The highest BCUT2D eigenvalue weighted by atomic mass is 35.5. The molecule has 1 aliphatic heterocycles. The predicted octanol–water partition coefficient (Wildman–Crippen LogP) is 5.61. The number of anilines is 1. The number of fused-ring (bicyclic) bond motifs is 1. The van der Waals surface area contributed by atoms with Gasteiger partial charge in [-0.3, -0.25) is 9.10 Å². The van der Waals surface area contributed by atoms with E-state index in [4.69, 9.17) is 27.9 Å². The summed E-state index contributed by atoms with van der Waals surface area (Å²) < 4.78 is 34.1. The van der Waals surface area contributed by atoms with Crippen molar-refractivity contribution in [2.75, 3.05) is 10.8 Å². The lowest BCUT2D eigenvalue weighted by Gasteiger charge is -2.38. The van der Waals surface area contributed by atoms with E-state index in [9.17, 15) is 13.2 Å². The van der Waals surface area contributed by atoms with E-state index in [-0.39, 0.29) is 26.7 Å². The van der Waals surface area contributed by atoms with Gasteiger partial charge in [0.2, 0.25) is 5.91 Å². The smallest absolute Gasteiger partial charge is 0.264 e. The van der Waals surface area contributed by atoms with Crippen LogP contribution in [0.3, 0.4) is 0 Å². The van der Waals surface area contributed by atoms with Crippen LogP contribution in [-0.4, -0.2) is 26.5 Å². The average molecular weight is 519 g/mol. The quantitative estimate of drug-likeness (QED) is 0.460. The molecule has 1 heterocycles. The van der Waals surface area contributed by atoms with Crippen LogP contribution in [-0.2, 0) is 14.8 Å². The molecule has 0 bridgehead atoms. The average Bonchev–Trinajstić information content (AvgIpc) is 2.79. The molecule has 1 atom stereocenters. The summed E-state index contributed by atoms with van der Waals surface area (Å²) in [5.74, 6) is 0.241. The molecule has 0 spiro atoms. The van der Waals surface area contributed by atoms with Gasteiger partial charge in [0.15, 0.2) is 0 Å². The number of amides is 1. The molecular formula is C25H24Cl2N2O4S. The second-order valence-electron chi connectivity index (χ2n) is 8.65. The standard InChI is InChI=1S/C25H24Cl2N2O4S/c1-25(2)15-22(19-10-6-7-11-23(19)33-25)28-24(30)16-29(17-12-13-20(26)21(27)14-17)34(31,32)18-8-4-3-5-9-18/h3-14,22H,15-16H2,1-2H3,(H,28,30). The summed E-state index contributed by atoms with van der Waals surface area (Å²) in [4.78, 5) is 13.3. The third kappa shape index (κ3) is 5.17. The first kappa shape index (κ1) is 24.4. The summed E-state index contributed by atoms with van der Waals surface area (Å²) in [6.45, 7) is 3.46. The third-order valence-electron chi connectivity index (χ3n) is 5.52. The topological polar surface area (TPSA) is 75.7 Å². The normalized spacial score (nSPS) is 16.8. The van der Waals surface area contributed by atoms with Gasteiger partial charge < -0.3 is 10.1 Å². The largest absolute Gasteiger partial charge is 0.487 e. The van der Waals surface area contributed by atoms with Crippen molar-refractivity contribution in [3.8, 4) is 5.75 Å². The fourth-order valence-electron chi connectivity index (χ4n) is 3.98. The van der Waals surface area contributed by atoms with Crippen molar-refractivity contribution in [2.24, 2.45) is 0 Å². The molecular weight excluding hydrogens is 495 g/mol. The van der Waals surface area contributed by atoms with Crippen LogP contribution < -0.4 is 14.4 Å². The van der Waals surface area contributed by atoms with Crippen LogP contribution in [0.1, 0.15) is 31.9 Å². The number of nitrogens with zero attached hydrogens (tertiary/aromatic N) is 1. The SMILES string of the molecule is CC1(C)CC(NC(=O)CN(c2ccc(Cl)c(Cl)c2)S(=O)(=O)c2ccccc2)c2ccccc2O1. The summed E-state index contributed by atoms with van der Waals surface area (Å²) in [6.07, 6.45) is 0.536. The molecule has 0 radical (unpaired) electrons. The van der Waals surface area contributed by atoms with Crippen molar-refractivity contribution in [2.45, 2.75) is 36.8 Å². The molecule has 0 aromatic heterocycles. The fraction of sp³-hybridized carbons (Fsp3) is 0.240. The molecule has 3 aromatic rings. The highest BCUT2D eigenvalue weighted by Gasteiger charge is 2.35. The summed E-state index contributed by atoms with van der Waals surface area (Å²) in [7, 11) is -4.06. The van der Waals surface area contributed by atoms with E-state index < -0.39 is 28.1 Å². The summed E-state index contributed by atoms with van der Waals surface area (Å²) in [5, 5.41) is 3.47. The van der Waals surface area contributed by atoms with Gasteiger partial charge in [-0.15, -0.1) is 0 Å². The minimum Gasteiger partial charge on any atom is -0.487 e. The lowest BCUT2D eigenvalue weighted by molar-refractivity contribution is -0.120. The molecule has 0 fully saturated rings. The summed E-state index contributed by atoms with van der Waals surface area (Å²) in [6, 6.07) is 19.6. The van der Waals surface area contributed by atoms with Crippen molar-refractivity contribution in [3.05, 3.63) is 88.4 Å². The second-order valence-corrected chi connectivity index (χ2v) is 11.3. The van der Waals surface area contributed by atoms with Crippen LogP contribution >= 0.6 is 23.2 Å². The van der Waals surface area contributed by atoms with Crippen LogP contribution in [0.25, 0.3) is 0 Å². The fourth-order valence-corrected chi connectivity index (χ4v) is 5.70. The van der Waals surface area contributed by atoms with Gasteiger partial charge in [0.1, 0.15) is 17.9 Å². The van der Waals surface area contributed by atoms with Crippen molar-refractivity contribution in [1.82, 2.24) is 5.32 Å². The molecule has 3 aromatic carbocycles. The number of carbonyl (C=O) groups is 1. The molecule has 0 saturated heterocycles. The second kappa shape index (κ2) is 9.49. The van der Waals surface area contributed by atoms with Gasteiger partial charge >= 0.3 is 0 Å². The van der Waals surface area contributed by atoms with Crippen molar-refractivity contribution < 1.29 is 17.9 Å². The lowest BCUT2D eigenvalue weighted by Crippen LogP contribution is -2.45. The number of hydrogen-bond acceptors (Lipinski definition) is 4. The Morgan fingerprint density at radius 3 is 2.41 bits per heavy atom. The Labute approximate surface area is 209 Å². The first-order valence-corrected chi connectivity index (χ1v) is 12.9. The number of para-hydroxylation sites is 1. The van der Waals surface area contributed by atoms with Gasteiger partial charge in [-0.2, -0.15) is 0 Å². The van der Waals surface area contributed by atoms with Gasteiger partial charge in [0.05, 0.1) is 26.7 Å². The molecule has 178 valence electrons. The number of hydrogen-bond donors (Lipinski definition) is 1. The van der Waals surface area contributed by atoms with Gasteiger partial charge in [0, 0.05) is 12.0 Å². The van der Waals surface area contributed by atoms with Crippen LogP contribution in [0.4, 0.5) is 5.69 Å². The Hall–Kier alpha value is -2.74. The highest BCUT2D eigenvalue weighted by Crippen LogP contribution is 2.39. The Morgan fingerprint density at radius 1 is 1.03 bits per heavy atom. The predicted molar refractivity (Wildman–Crippen MR) is 134 cm³/mol. The monoisotopic (exact) mass is 518 g/mol. The van der Waals surface area contributed by atoms with E-state index in [1.54, 1.807) is 18.2 Å². The summed E-state index contributed by atoms with van der Waals surface area (Å²) in [5.41, 5.74) is 0.592. The number of sulfonamides is 1. The number of rotatable bonds is 6. The first-order valence-electron chi connectivity index (χ1n) is 10.7. The first-order chi connectivity index (χ1) is 16.1. The lowest BCUT2D eigenvalue weighted by atomic mass is 9.89. The van der Waals surface area contributed by atoms with Crippen LogP contribution in [0, 0.1) is 0 Å². The maximum atomic E-state index is 13.5. The Balaban J connectivity index is 1.66. The van der Waals surface area contributed by atoms with E-state index in [1.807, 2.05) is 38.1 Å². The number of benzene rings is 3. The molecule has 34 heavy (non-hydrogen) atoms. The Bertz CT molecular complexity index is 1310. The molecule has 1 N–H and O–H groups in total. The molecule has 6 nitrogen and oxygen atoms in total. The van der Waals surface area contributed by atoms with Gasteiger partial charge in [-0.25, -0.2) is 8.42 Å². The van der Waals surface area contributed by atoms with E-state index in [2.05, 4.69) is 5.32 Å². The van der Waals surface area contributed by atoms with Crippen molar-refractivity contribution in [3.63, 3.8) is 0 Å². The van der Waals surface area contributed by atoms with Crippen LogP contribution in [0.5, 0.6) is 5.75 Å². The molecule has 9 heteroatoms. The minimum absolute atomic E-state index is 0.0615. The van der Waals surface area contributed by atoms with E-state index >= 15 is 0 Å². The molecule has 0 aliphatic carbocycles. The number of halogens is 2. The van der Waals surface area contributed by atoms with E-state index in [0.29, 0.717) is 12.2 Å². The maximum Gasteiger partial charge on any atom is 0.264 e. The zero-order valence-corrected chi connectivity index (χ0v) is 21.0. The summed E-state index contributed by atoms with van der Waals surface area (Å²) >= 11 is 12.2. The van der Waals surface area contributed by atoms with Gasteiger partial charge in [-0.1, -0.05) is 59.6 Å². The molecule has 1 unspecified atom stereocenters. The molecule has 1 aliphatic rings. The van der Waals surface area contributed by atoms with Crippen LogP contribution in [0.15, 0.2) is 77.7 Å². The third-order valence-corrected chi connectivity index (χ3v) is 8.05. The number of nitrogens with one attached hydrogen (secondary N) is 1. The van der Waals surface area contributed by atoms with Gasteiger partial charge in [-0.05, 0) is 50.2 Å². The number of carbonyl (C=O) groups excluding carboxylic acids is 1. The highest BCUT2D eigenvalue weighted by molar-refractivity contribution is 7.92.